The van der Waals surface area contributed by atoms with Crippen molar-refractivity contribution in [1.82, 2.24) is 10.3 Å². The second-order valence-electron chi connectivity index (χ2n) is 6.62. The van der Waals surface area contributed by atoms with E-state index in [-0.39, 0.29) is 6.04 Å². The van der Waals surface area contributed by atoms with Gasteiger partial charge in [-0.25, -0.2) is 0 Å². The van der Waals surface area contributed by atoms with Crippen LogP contribution in [-0.4, -0.2) is 18.1 Å². The lowest BCUT2D eigenvalue weighted by atomic mass is 9.94. The average molecular weight is 399 g/mol. The van der Waals surface area contributed by atoms with E-state index in [1.165, 1.54) is 27.7 Å². The van der Waals surface area contributed by atoms with Gasteiger partial charge >= 0.3 is 0 Å². The number of halogens is 1. The molecule has 1 aliphatic rings. The topological polar surface area (TPSA) is 37.0 Å². The van der Waals surface area contributed by atoms with Crippen LogP contribution in [-0.2, 0) is 6.42 Å². The number of rotatable bonds is 5. The van der Waals surface area contributed by atoms with Crippen LogP contribution in [0.4, 0.5) is 0 Å². The first kappa shape index (κ1) is 16.7. The highest BCUT2D eigenvalue weighted by Crippen LogP contribution is 2.35. The smallest absolute Gasteiger partial charge is 0.119 e. The van der Waals surface area contributed by atoms with Gasteiger partial charge in [-0.15, -0.1) is 0 Å². The first-order valence-corrected chi connectivity index (χ1v) is 9.81. The average Bonchev–Trinajstić information content (AvgIpc) is 3.00. The van der Waals surface area contributed by atoms with Crippen LogP contribution in [0.25, 0.3) is 10.9 Å². The minimum Gasteiger partial charge on any atom is -0.494 e. The summed E-state index contributed by atoms with van der Waals surface area (Å²) in [6.07, 6.45) is 3.29. The predicted octanol–water partition coefficient (Wildman–Crippen LogP) is 5.34. The van der Waals surface area contributed by atoms with Crippen molar-refractivity contribution in [3.63, 3.8) is 0 Å². The molecule has 2 heterocycles. The van der Waals surface area contributed by atoms with Crippen molar-refractivity contribution in [3.05, 3.63) is 63.8 Å². The molecule has 3 aromatic rings. The van der Waals surface area contributed by atoms with Gasteiger partial charge in [0.05, 0.1) is 12.6 Å². The number of hydrogen-bond donors (Lipinski definition) is 2. The van der Waals surface area contributed by atoms with E-state index >= 15 is 0 Å². The molecule has 0 aliphatic carbocycles. The van der Waals surface area contributed by atoms with E-state index < -0.39 is 0 Å². The number of unbranched alkanes of at least 4 members (excludes halogenated alkanes) is 1. The Bertz CT molecular complexity index is 887. The van der Waals surface area contributed by atoms with E-state index in [9.17, 15) is 0 Å². The summed E-state index contributed by atoms with van der Waals surface area (Å²) < 4.78 is 7.02. The lowest BCUT2D eigenvalue weighted by Crippen LogP contribution is -2.30. The summed E-state index contributed by atoms with van der Waals surface area (Å²) in [5, 5.41) is 4.99. The molecule has 2 N–H and O–H groups in total. The van der Waals surface area contributed by atoms with Gasteiger partial charge in [0.25, 0.3) is 0 Å². The van der Waals surface area contributed by atoms with E-state index in [1.807, 2.05) is 6.07 Å². The summed E-state index contributed by atoms with van der Waals surface area (Å²) in [7, 11) is 0. The highest BCUT2D eigenvalue weighted by atomic mass is 79.9. The first-order chi connectivity index (χ1) is 12.3. The summed E-state index contributed by atoms with van der Waals surface area (Å²) in [4.78, 5) is 3.64. The van der Waals surface area contributed by atoms with Crippen molar-refractivity contribution in [3.8, 4) is 5.75 Å². The highest BCUT2D eigenvalue weighted by molar-refractivity contribution is 9.10. The SMILES string of the molecule is CCCCOc1cccc(C2NCCc3c2[nH]c2ccc(Br)cc32)c1. The number of aromatic amines is 1. The third-order valence-electron chi connectivity index (χ3n) is 4.87. The Morgan fingerprint density at radius 1 is 1.20 bits per heavy atom. The first-order valence-electron chi connectivity index (χ1n) is 9.02. The van der Waals surface area contributed by atoms with Gasteiger partial charge in [-0.1, -0.05) is 41.4 Å². The second kappa shape index (κ2) is 7.22. The van der Waals surface area contributed by atoms with Gasteiger partial charge in [0.15, 0.2) is 0 Å². The number of H-pyrrole nitrogens is 1. The zero-order chi connectivity index (χ0) is 17.2. The summed E-state index contributed by atoms with van der Waals surface area (Å²) in [5.74, 6) is 0.957. The molecule has 1 unspecified atom stereocenters. The van der Waals surface area contributed by atoms with Crippen LogP contribution in [0, 0.1) is 0 Å². The molecule has 1 atom stereocenters. The minimum atomic E-state index is 0.185. The minimum absolute atomic E-state index is 0.185. The van der Waals surface area contributed by atoms with E-state index in [1.54, 1.807) is 0 Å². The summed E-state index contributed by atoms with van der Waals surface area (Å²) in [6, 6.07) is 15.1. The lowest BCUT2D eigenvalue weighted by molar-refractivity contribution is 0.309. The number of ether oxygens (including phenoxy) is 1. The fourth-order valence-electron chi connectivity index (χ4n) is 3.60. The maximum atomic E-state index is 5.90. The zero-order valence-corrected chi connectivity index (χ0v) is 16.0. The zero-order valence-electron chi connectivity index (χ0n) is 14.4. The molecule has 0 saturated carbocycles. The molecule has 4 heteroatoms. The van der Waals surface area contributed by atoms with Gasteiger partial charge in [-0.05, 0) is 54.3 Å². The fourth-order valence-corrected chi connectivity index (χ4v) is 3.96. The quantitative estimate of drug-likeness (QED) is 0.568. The Morgan fingerprint density at radius 2 is 2.12 bits per heavy atom. The normalized spacial score (nSPS) is 16.8. The van der Waals surface area contributed by atoms with Crippen LogP contribution in [0.3, 0.4) is 0 Å². The molecule has 0 fully saturated rings. The third-order valence-corrected chi connectivity index (χ3v) is 5.36. The Hall–Kier alpha value is -1.78. The summed E-state index contributed by atoms with van der Waals surface area (Å²) in [6.45, 7) is 3.95. The van der Waals surface area contributed by atoms with Crippen molar-refractivity contribution in [2.75, 3.05) is 13.2 Å². The Kier molecular flexibility index (Phi) is 4.82. The van der Waals surface area contributed by atoms with Gasteiger partial charge in [-0.3, -0.25) is 0 Å². The largest absolute Gasteiger partial charge is 0.494 e. The van der Waals surface area contributed by atoms with E-state index in [0.717, 1.165) is 42.6 Å². The Morgan fingerprint density at radius 3 is 3.00 bits per heavy atom. The summed E-state index contributed by atoms with van der Waals surface area (Å²) >= 11 is 3.60. The molecule has 4 rings (SSSR count). The molecule has 0 spiro atoms. The van der Waals surface area contributed by atoms with Gasteiger partial charge in [0.2, 0.25) is 0 Å². The number of aromatic nitrogens is 1. The molecule has 3 nitrogen and oxygen atoms in total. The van der Waals surface area contributed by atoms with Crippen LogP contribution >= 0.6 is 15.9 Å². The second-order valence-corrected chi connectivity index (χ2v) is 7.53. The van der Waals surface area contributed by atoms with E-state index in [4.69, 9.17) is 4.74 Å². The monoisotopic (exact) mass is 398 g/mol. The van der Waals surface area contributed by atoms with E-state index in [2.05, 4.69) is 69.6 Å². The number of benzene rings is 2. The van der Waals surface area contributed by atoms with Crippen molar-refractivity contribution >= 4 is 26.8 Å². The molecular weight excluding hydrogens is 376 g/mol. The molecular formula is C21H23BrN2O. The Labute approximate surface area is 156 Å². The molecule has 1 aliphatic heterocycles. The third kappa shape index (κ3) is 3.33. The molecule has 25 heavy (non-hydrogen) atoms. The van der Waals surface area contributed by atoms with Gasteiger partial charge < -0.3 is 15.0 Å². The molecule has 2 aromatic carbocycles. The van der Waals surface area contributed by atoms with Crippen LogP contribution < -0.4 is 10.1 Å². The van der Waals surface area contributed by atoms with Crippen molar-refractivity contribution < 1.29 is 4.74 Å². The van der Waals surface area contributed by atoms with Gasteiger partial charge in [-0.2, -0.15) is 0 Å². The number of nitrogens with one attached hydrogen (secondary N) is 2. The maximum Gasteiger partial charge on any atom is 0.119 e. The van der Waals surface area contributed by atoms with Crippen molar-refractivity contribution in [1.29, 1.82) is 0 Å². The van der Waals surface area contributed by atoms with Crippen molar-refractivity contribution in [2.45, 2.75) is 32.2 Å². The van der Waals surface area contributed by atoms with Crippen LogP contribution in [0.1, 0.15) is 42.6 Å². The van der Waals surface area contributed by atoms with Gasteiger partial charge in [0, 0.05) is 27.6 Å². The maximum absolute atomic E-state index is 5.90. The molecule has 0 amide bonds. The fraction of sp³-hybridized carbons (Fsp3) is 0.333. The lowest BCUT2D eigenvalue weighted by Gasteiger charge is -2.25. The predicted molar refractivity (Wildman–Crippen MR) is 106 cm³/mol. The number of hydrogen-bond acceptors (Lipinski definition) is 2. The van der Waals surface area contributed by atoms with E-state index in [0.29, 0.717) is 0 Å². The number of fused-ring (bicyclic) bond motifs is 3. The molecule has 0 radical (unpaired) electrons. The highest BCUT2D eigenvalue weighted by Gasteiger charge is 2.25. The summed E-state index contributed by atoms with van der Waals surface area (Å²) in [5.41, 5.74) is 5.17. The molecule has 0 bridgehead atoms. The van der Waals surface area contributed by atoms with Crippen molar-refractivity contribution in [2.24, 2.45) is 0 Å². The van der Waals surface area contributed by atoms with Crippen LogP contribution in [0.5, 0.6) is 5.75 Å². The van der Waals surface area contributed by atoms with Crippen LogP contribution in [0.2, 0.25) is 0 Å². The van der Waals surface area contributed by atoms with Crippen LogP contribution in [0.15, 0.2) is 46.9 Å². The van der Waals surface area contributed by atoms with Gasteiger partial charge in [0.1, 0.15) is 5.75 Å². The molecule has 0 saturated heterocycles. The Balaban J connectivity index is 1.69. The molecule has 1 aromatic heterocycles. The standard InChI is InChI=1S/C21H23BrN2O/c1-2-3-11-25-16-6-4-5-14(12-16)20-21-17(9-10-23-20)18-13-15(22)7-8-19(18)24-21/h4-8,12-13,20,23-24H,2-3,9-11H2,1H3. The molecule has 130 valence electrons.